The first kappa shape index (κ1) is 13.2. The lowest BCUT2D eigenvalue weighted by atomic mass is 10.1. The fourth-order valence-corrected chi connectivity index (χ4v) is 1.88. The van der Waals surface area contributed by atoms with E-state index in [-0.39, 0.29) is 0 Å². The number of nitrogens with zero attached hydrogens (tertiary/aromatic N) is 3. The van der Waals surface area contributed by atoms with Crippen LogP contribution in [0.5, 0.6) is 0 Å². The predicted molar refractivity (Wildman–Crippen MR) is 68.9 cm³/mol. The number of aromatic nitrogens is 2. The summed E-state index contributed by atoms with van der Waals surface area (Å²) in [6.45, 7) is 10.7. The molecule has 0 saturated carbocycles. The first-order valence-electron chi connectivity index (χ1n) is 5.72. The van der Waals surface area contributed by atoms with Crippen molar-refractivity contribution < 1.29 is 0 Å². The second-order valence-electron chi connectivity index (χ2n) is 4.86. The zero-order valence-corrected chi connectivity index (χ0v) is 11.2. The molecule has 0 aromatic carbocycles. The van der Waals surface area contributed by atoms with Gasteiger partial charge in [0.2, 0.25) is 0 Å². The van der Waals surface area contributed by atoms with E-state index in [9.17, 15) is 0 Å². The van der Waals surface area contributed by atoms with Crippen molar-refractivity contribution in [1.82, 2.24) is 9.97 Å². The van der Waals surface area contributed by atoms with Gasteiger partial charge in [-0.15, -0.1) is 0 Å². The maximum absolute atomic E-state index is 6.07. The van der Waals surface area contributed by atoms with Gasteiger partial charge in [-0.05, 0) is 11.8 Å². The van der Waals surface area contributed by atoms with Crippen LogP contribution in [0.15, 0.2) is 12.4 Å². The van der Waals surface area contributed by atoms with Crippen molar-refractivity contribution in [3.05, 3.63) is 17.5 Å². The average Bonchev–Trinajstić information content (AvgIpc) is 2.15. The molecule has 90 valence electrons. The van der Waals surface area contributed by atoms with Crippen LogP contribution < -0.4 is 4.90 Å². The van der Waals surface area contributed by atoms with Gasteiger partial charge in [-0.1, -0.05) is 39.3 Å². The Kier molecular flexibility index (Phi) is 5.00. The second kappa shape index (κ2) is 6.04. The molecule has 16 heavy (non-hydrogen) atoms. The Morgan fingerprint density at radius 1 is 1.06 bits per heavy atom. The summed E-state index contributed by atoms with van der Waals surface area (Å²) in [5.41, 5.74) is 0. The average molecular weight is 242 g/mol. The molecule has 0 atom stereocenters. The van der Waals surface area contributed by atoms with E-state index in [1.807, 2.05) is 0 Å². The Morgan fingerprint density at radius 3 is 2.00 bits per heavy atom. The summed E-state index contributed by atoms with van der Waals surface area (Å²) in [5.74, 6) is 1.96. The van der Waals surface area contributed by atoms with Gasteiger partial charge in [0.05, 0.1) is 0 Å². The summed E-state index contributed by atoms with van der Waals surface area (Å²) in [7, 11) is 0. The van der Waals surface area contributed by atoms with E-state index >= 15 is 0 Å². The molecule has 0 amide bonds. The maximum atomic E-state index is 6.07. The molecule has 1 aromatic rings. The Hall–Kier alpha value is -0.830. The Morgan fingerprint density at radius 2 is 1.56 bits per heavy atom. The van der Waals surface area contributed by atoms with Crippen molar-refractivity contribution in [2.75, 3.05) is 18.0 Å². The fourth-order valence-electron chi connectivity index (χ4n) is 1.65. The summed E-state index contributed by atoms with van der Waals surface area (Å²) in [5, 5.41) is 0.490. The van der Waals surface area contributed by atoms with E-state index in [1.54, 1.807) is 12.4 Å². The molecular formula is C12H20ClN3. The second-order valence-corrected chi connectivity index (χ2v) is 5.22. The molecular weight excluding hydrogens is 222 g/mol. The molecule has 4 heteroatoms. The molecule has 1 heterocycles. The van der Waals surface area contributed by atoms with Gasteiger partial charge in [0.25, 0.3) is 0 Å². The van der Waals surface area contributed by atoms with Gasteiger partial charge in [0.1, 0.15) is 0 Å². The molecule has 1 rings (SSSR count). The molecule has 0 N–H and O–H groups in total. The van der Waals surface area contributed by atoms with E-state index in [4.69, 9.17) is 11.6 Å². The van der Waals surface area contributed by atoms with Crippen molar-refractivity contribution in [2.45, 2.75) is 27.7 Å². The van der Waals surface area contributed by atoms with E-state index in [0.29, 0.717) is 17.0 Å². The van der Waals surface area contributed by atoms with E-state index in [1.165, 1.54) is 0 Å². The highest BCUT2D eigenvalue weighted by molar-refractivity contribution is 6.31. The van der Waals surface area contributed by atoms with E-state index in [2.05, 4.69) is 42.6 Å². The molecule has 1 aromatic heterocycles. The van der Waals surface area contributed by atoms with Gasteiger partial charge in [-0.2, -0.15) is 0 Å². The number of hydrogen-bond donors (Lipinski definition) is 0. The Balaban J connectivity index is 2.87. The molecule has 0 aliphatic heterocycles. The molecule has 0 bridgehead atoms. The van der Waals surface area contributed by atoms with Crippen LogP contribution in [0.4, 0.5) is 5.82 Å². The highest BCUT2D eigenvalue weighted by Gasteiger charge is 2.15. The highest BCUT2D eigenvalue weighted by Crippen LogP contribution is 2.21. The van der Waals surface area contributed by atoms with Crippen molar-refractivity contribution in [3.8, 4) is 0 Å². The zero-order chi connectivity index (χ0) is 12.1. The van der Waals surface area contributed by atoms with Gasteiger partial charge < -0.3 is 4.90 Å². The monoisotopic (exact) mass is 241 g/mol. The minimum atomic E-state index is 0.490. The minimum absolute atomic E-state index is 0.490. The fraction of sp³-hybridized carbons (Fsp3) is 0.667. The van der Waals surface area contributed by atoms with Gasteiger partial charge >= 0.3 is 0 Å². The number of halogens is 1. The summed E-state index contributed by atoms with van der Waals surface area (Å²) in [6.07, 6.45) is 3.31. The standard InChI is InChI=1S/C12H20ClN3/c1-9(2)7-16(8-10(3)4)12-11(13)14-5-6-15-12/h5-6,9-10H,7-8H2,1-4H3. The van der Waals surface area contributed by atoms with Crippen LogP contribution in [0, 0.1) is 11.8 Å². The predicted octanol–water partition coefficient (Wildman–Crippen LogP) is 3.25. The zero-order valence-electron chi connectivity index (χ0n) is 10.4. The van der Waals surface area contributed by atoms with Crippen LogP contribution in [0.25, 0.3) is 0 Å². The largest absolute Gasteiger partial charge is 0.354 e. The lowest BCUT2D eigenvalue weighted by Crippen LogP contribution is -2.32. The molecule has 0 spiro atoms. The molecule has 0 radical (unpaired) electrons. The molecule has 0 unspecified atom stereocenters. The van der Waals surface area contributed by atoms with Gasteiger partial charge in [-0.25, -0.2) is 9.97 Å². The summed E-state index contributed by atoms with van der Waals surface area (Å²) < 4.78 is 0. The molecule has 0 aliphatic carbocycles. The minimum Gasteiger partial charge on any atom is -0.354 e. The number of anilines is 1. The van der Waals surface area contributed by atoms with Crippen LogP contribution in [0.1, 0.15) is 27.7 Å². The first-order chi connectivity index (χ1) is 7.50. The summed E-state index contributed by atoms with van der Waals surface area (Å²) in [4.78, 5) is 10.6. The third-order valence-electron chi connectivity index (χ3n) is 2.11. The molecule has 0 saturated heterocycles. The van der Waals surface area contributed by atoms with Crippen LogP contribution >= 0.6 is 11.6 Å². The SMILES string of the molecule is CC(C)CN(CC(C)C)c1nccnc1Cl. The van der Waals surface area contributed by atoms with Crippen LogP contribution in [-0.4, -0.2) is 23.1 Å². The maximum Gasteiger partial charge on any atom is 0.171 e. The van der Waals surface area contributed by atoms with Crippen molar-refractivity contribution in [2.24, 2.45) is 11.8 Å². The van der Waals surface area contributed by atoms with Crippen molar-refractivity contribution in [1.29, 1.82) is 0 Å². The summed E-state index contributed by atoms with van der Waals surface area (Å²) in [6, 6.07) is 0. The van der Waals surface area contributed by atoms with E-state index in [0.717, 1.165) is 18.9 Å². The normalized spacial score (nSPS) is 11.2. The number of rotatable bonds is 5. The smallest absolute Gasteiger partial charge is 0.171 e. The third-order valence-corrected chi connectivity index (χ3v) is 2.37. The van der Waals surface area contributed by atoms with Gasteiger partial charge in [-0.3, -0.25) is 0 Å². The first-order valence-corrected chi connectivity index (χ1v) is 6.10. The van der Waals surface area contributed by atoms with Crippen LogP contribution in [0.3, 0.4) is 0 Å². The quantitative estimate of drug-likeness (QED) is 0.793. The van der Waals surface area contributed by atoms with E-state index < -0.39 is 0 Å². The topological polar surface area (TPSA) is 29.0 Å². The molecule has 0 fully saturated rings. The highest BCUT2D eigenvalue weighted by atomic mass is 35.5. The van der Waals surface area contributed by atoms with Gasteiger partial charge in [0, 0.05) is 25.5 Å². The lowest BCUT2D eigenvalue weighted by Gasteiger charge is -2.27. The molecule has 0 aliphatic rings. The van der Waals surface area contributed by atoms with Crippen molar-refractivity contribution in [3.63, 3.8) is 0 Å². The van der Waals surface area contributed by atoms with Gasteiger partial charge in [0.15, 0.2) is 11.0 Å². The van der Waals surface area contributed by atoms with Crippen LogP contribution in [0.2, 0.25) is 5.15 Å². The number of hydrogen-bond acceptors (Lipinski definition) is 3. The Bertz CT molecular complexity index is 316. The van der Waals surface area contributed by atoms with Crippen molar-refractivity contribution >= 4 is 17.4 Å². The van der Waals surface area contributed by atoms with Crippen LogP contribution in [-0.2, 0) is 0 Å². The Labute approximate surface area is 103 Å². The third kappa shape index (κ3) is 3.97. The lowest BCUT2D eigenvalue weighted by molar-refractivity contribution is 0.548. The summed E-state index contributed by atoms with van der Waals surface area (Å²) >= 11 is 6.07. The molecule has 3 nitrogen and oxygen atoms in total.